The Bertz CT molecular complexity index is 638. The second-order valence-corrected chi connectivity index (χ2v) is 7.61. The zero-order valence-electron chi connectivity index (χ0n) is 14.8. The SMILES string of the molecule is CC(C)CN1CCCCC1C(=O)NC1CCCc2[nH]c(=O)ccc21. The summed E-state index contributed by atoms with van der Waals surface area (Å²) >= 11 is 0. The molecule has 0 aromatic carbocycles. The molecule has 2 atom stereocenters. The molecular weight excluding hydrogens is 302 g/mol. The summed E-state index contributed by atoms with van der Waals surface area (Å²) in [5.74, 6) is 0.721. The van der Waals surface area contributed by atoms with Crippen molar-refractivity contribution in [3.05, 3.63) is 33.7 Å². The predicted octanol–water partition coefficient (Wildman–Crippen LogP) is 2.38. The van der Waals surface area contributed by atoms with Crippen LogP contribution in [0.2, 0.25) is 0 Å². The summed E-state index contributed by atoms with van der Waals surface area (Å²) < 4.78 is 0. The number of hydrogen-bond acceptors (Lipinski definition) is 3. The van der Waals surface area contributed by atoms with Crippen LogP contribution in [0.4, 0.5) is 0 Å². The molecule has 2 heterocycles. The van der Waals surface area contributed by atoms with Crippen molar-refractivity contribution in [1.82, 2.24) is 15.2 Å². The number of amides is 1. The minimum Gasteiger partial charge on any atom is -0.348 e. The molecule has 1 amide bonds. The van der Waals surface area contributed by atoms with Crippen molar-refractivity contribution in [3.8, 4) is 0 Å². The van der Waals surface area contributed by atoms with Crippen molar-refractivity contribution in [3.63, 3.8) is 0 Å². The number of H-pyrrole nitrogens is 1. The molecule has 2 N–H and O–H groups in total. The standard InChI is InChI=1S/C19H29N3O2/c1-13(2)12-22-11-4-3-8-17(22)19(24)21-16-7-5-6-15-14(16)9-10-18(23)20-15/h9-10,13,16-17H,3-8,11-12H2,1-2H3,(H,20,23)(H,21,24). The summed E-state index contributed by atoms with van der Waals surface area (Å²) in [6, 6.07) is 3.47. The maximum Gasteiger partial charge on any atom is 0.248 e. The molecule has 5 nitrogen and oxygen atoms in total. The Hall–Kier alpha value is -1.62. The van der Waals surface area contributed by atoms with Crippen molar-refractivity contribution in [2.45, 2.75) is 64.5 Å². The number of hydrogen-bond donors (Lipinski definition) is 2. The molecule has 5 heteroatoms. The Balaban J connectivity index is 1.71. The molecule has 1 fully saturated rings. The van der Waals surface area contributed by atoms with E-state index in [0.29, 0.717) is 5.92 Å². The van der Waals surface area contributed by atoms with Crippen LogP contribution in [0.3, 0.4) is 0 Å². The third kappa shape index (κ3) is 3.89. The van der Waals surface area contributed by atoms with Gasteiger partial charge in [-0.3, -0.25) is 14.5 Å². The zero-order valence-corrected chi connectivity index (χ0v) is 14.8. The molecule has 3 rings (SSSR count). The molecule has 2 unspecified atom stereocenters. The lowest BCUT2D eigenvalue weighted by Crippen LogP contribution is -2.51. The number of nitrogens with zero attached hydrogens (tertiary/aromatic N) is 1. The summed E-state index contributed by atoms with van der Waals surface area (Å²) in [5.41, 5.74) is 2.01. The lowest BCUT2D eigenvalue weighted by atomic mass is 9.90. The number of aryl methyl sites for hydroxylation is 1. The van der Waals surface area contributed by atoms with Gasteiger partial charge in [-0.25, -0.2) is 0 Å². The molecule has 1 aromatic heterocycles. The van der Waals surface area contributed by atoms with Gasteiger partial charge in [0.15, 0.2) is 0 Å². The molecular formula is C19H29N3O2. The van der Waals surface area contributed by atoms with E-state index in [1.165, 1.54) is 6.42 Å². The van der Waals surface area contributed by atoms with Gasteiger partial charge >= 0.3 is 0 Å². The summed E-state index contributed by atoms with van der Waals surface area (Å²) in [5, 5.41) is 3.26. The normalized spacial score (nSPS) is 24.6. The minimum atomic E-state index is -0.0592. The summed E-state index contributed by atoms with van der Waals surface area (Å²) in [6.07, 6.45) is 6.09. The fourth-order valence-corrected chi connectivity index (χ4v) is 4.09. The average molecular weight is 331 g/mol. The van der Waals surface area contributed by atoms with E-state index in [0.717, 1.165) is 56.5 Å². The van der Waals surface area contributed by atoms with Crippen LogP contribution in [-0.2, 0) is 11.2 Å². The van der Waals surface area contributed by atoms with E-state index in [9.17, 15) is 9.59 Å². The molecule has 132 valence electrons. The molecule has 1 aliphatic heterocycles. The number of rotatable bonds is 4. The summed E-state index contributed by atoms with van der Waals surface area (Å²) in [6.45, 7) is 6.41. The average Bonchev–Trinajstić information content (AvgIpc) is 2.54. The molecule has 0 spiro atoms. The minimum absolute atomic E-state index is 0.00529. The number of carbonyl (C=O) groups is 1. The Morgan fingerprint density at radius 2 is 2.12 bits per heavy atom. The van der Waals surface area contributed by atoms with Crippen LogP contribution in [0.25, 0.3) is 0 Å². The first-order valence-corrected chi connectivity index (χ1v) is 9.31. The number of piperidine rings is 1. The predicted molar refractivity (Wildman–Crippen MR) is 94.9 cm³/mol. The molecule has 1 aliphatic carbocycles. The highest BCUT2D eigenvalue weighted by atomic mass is 16.2. The number of aromatic nitrogens is 1. The monoisotopic (exact) mass is 331 g/mol. The van der Waals surface area contributed by atoms with E-state index in [2.05, 4.69) is 29.0 Å². The Labute approximate surface area is 143 Å². The van der Waals surface area contributed by atoms with Crippen LogP contribution in [0.5, 0.6) is 0 Å². The van der Waals surface area contributed by atoms with Gasteiger partial charge in [-0.1, -0.05) is 20.3 Å². The molecule has 0 bridgehead atoms. The van der Waals surface area contributed by atoms with Gasteiger partial charge in [0.25, 0.3) is 0 Å². The molecule has 1 saturated heterocycles. The van der Waals surface area contributed by atoms with Gasteiger partial charge in [-0.15, -0.1) is 0 Å². The van der Waals surface area contributed by atoms with E-state index >= 15 is 0 Å². The largest absolute Gasteiger partial charge is 0.348 e. The Morgan fingerprint density at radius 1 is 1.29 bits per heavy atom. The van der Waals surface area contributed by atoms with Gasteiger partial charge < -0.3 is 10.3 Å². The van der Waals surface area contributed by atoms with Crippen LogP contribution in [-0.4, -0.2) is 34.9 Å². The molecule has 0 saturated carbocycles. The topological polar surface area (TPSA) is 65.2 Å². The number of carbonyl (C=O) groups excluding carboxylic acids is 1. The summed E-state index contributed by atoms with van der Waals surface area (Å²) in [4.78, 5) is 29.7. The van der Waals surface area contributed by atoms with Gasteiger partial charge in [0.1, 0.15) is 0 Å². The second-order valence-electron chi connectivity index (χ2n) is 7.61. The van der Waals surface area contributed by atoms with E-state index < -0.39 is 0 Å². The fraction of sp³-hybridized carbons (Fsp3) is 0.684. The van der Waals surface area contributed by atoms with E-state index in [4.69, 9.17) is 0 Å². The van der Waals surface area contributed by atoms with E-state index in [1.807, 2.05) is 6.07 Å². The van der Waals surface area contributed by atoms with Crippen molar-refractivity contribution < 1.29 is 4.79 Å². The van der Waals surface area contributed by atoms with Gasteiger partial charge in [0.2, 0.25) is 11.5 Å². The zero-order chi connectivity index (χ0) is 17.1. The third-order valence-electron chi connectivity index (χ3n) is 5.16. The van der Waals surface area contributed by atoms with Crippen molar-refractivity contribution >= 4 is 5.91 Å². The highest BCUT2D eigenvalue weighted by Crippen LogP contribution is 2.28. The van der Waals surface area contributed by atoms with Crippen LogP contribution >= 0.6 is 0 Å². The lowest BCUT2D eigenvalue weighted by Gasteiger charge is -2.37. The first-order valence-electron chi connectivity index (χ1n) is 9.31. The van der Waals surface area contributed by atoms with Gasteiger partial charge in [0, 0.05) is 18.3 Å². The number of aromatic amines is 1. The van der Waals surface area contributed by atoms with E-state index in [1.54, 1.807) is 6.07 Å². The van der Waals surface area contributed by atoms with E-state index in [-0.39, 0.29) is 23.6 Å². The number of fused-ring (bicyclic) bond motifs is 1. The van der Waals surface area contributed by atoms with Crippen LogP contribution in [0.1, 0.15) is 63.3 Å². The first kappa shape index (κ1) is 17.2. The van der Waals surface area contributed by atoms with Crippen LogP contribution in [0, 0.1) is 5.92 Å². The van der Waals surface area contributed by atoms with Crippen LogP contribution in [0.15, 0.2) is 16.9 Å². The number of nitrogens with one attached hydrogen (secondary N) is 2. The maximum absolute atomic E-state index is 12.9. The highest BCUT2D eigenvalue weighted by Gasteiger charge is 2.31. The van der Waals surface area contributed by atoms with Gasteiger partial charge in [0.05, 0.1) is 12.1 Å². The smallest absolute Gasteiger partial charge is 0.248 e. The molecule has 2 aliphatic rings. The summed E-state index contributed by atoms with van der Waals surface area (Å²) in [7, 11) is 0. The highest BCUT2D eigenvalue weighted by molar-refractivity contribution is 5.82. The Morgan fingerprint density at radius 3 is 2.92 bits per heavy atom. The van der Waals surface area contributed by atoms with Crippen molar-refractivity contribution in [2.24, 2.45) is 5.92 Å². The molecule has 1 aromatic rings. The third-order valence-corrected chi connectivity index (χ3v) is 5.16. The lowest BCUT2D eigenvalue weighted by molar-refractivity contribution is -0.128. The maximum atomic E-state index is 12.9. The Kier molecular flexibility index (Phi) is 5.39. The van der Waals surface area contributed by atoms with Gasteiger partial charge in [-0.2, -0.15) is 0 Å². The van der Waals surface area contributed by atoms with Crippen LogP contribution < -0.4 is 10.9 Å². The number of likely N-dealkylation sites (tertiary alicyclic amines) is 1. The molecule has 0 radical (unpaired) electrons. The second kappa shape index (κ2) is 7.51. The molecule has 24 heavy (non-hydrogen) atoms. The quantitative estimate of drug-likeness (QED) is 0.890. The van der Waals surface area contributed by atoms with Gasteiger partial charge in [-0.05, 0) is 56.2 Å². The first-order chi connectivity index (χ1) is 11.5. The number of pyridine rings is 1. The van der Waals surface area contributed by atoms with Crippen molar-refractivity contribution in [2.75, 3.05) is 13.1 Å². The fourth-order valence-electron chi connectivity index (χ4n) is 4.09. The van der Waals surface area contributed by atoms with Crippen molar-refractivity contribution in [1.29, 1.82) is 0 Å².